The van der Waals surface area contributed by atoms with Crippen LogP contribution in [0.25, 0.3) is 0 Å². The summed E-state index contributed by atoms with van der Waals surface area (Å²) < 4.78 is 0. The van der Waals surface area contributed by atoms with Crippen LogP contribution in [0.5, 0.6) is 0 Å². The molecule has 0 aromatic heterocycles. The molecule has 3 aliphatic carbocycles. The lowest BCUT2D eigenvalue weighted by molar-refractivity contribution is 0.217. The van der Waals surface area contributed by atoms with Gasteiger partial charge >= 0.3 is 0 Å². The van der Waals surface area contributed by atoms with E-state index in [1.54, 1.807) is 0 Å². The molecule has 4 atom stereocenters. The fourth-order valence-corrected chi connectivity index (χ4v) is 2.75. The summed E-state index contributed by atoms with van der Waals surface area (Å²) in [6, 6.07) is 0. The number of allylic oxidation sites excluding steroid dienone is 2. The summed E-state index contributed by atoms with van der Waals surface area (Å²) in [5.41, 5.74) is 0. The predicted octanol–water partition coefficient (Wildman–Crippen LogP) is 0.799. The molecule has 1 N–H and O–H groups in total. The van der Waals surface area contributed by atoms with Crippen molar-refractivity contribution in [1.82, 2.24) is 0 Å². The van der Waals surface area contributed by atoms with Crippen LogP contribution in [0.2, 0.25) is 0 Å². The molecule has 4 unspecified atom stereocenters. The third-order valence-electron chi connectivity index (χ3n) is 3.23. The van der Waals surface area contributed by atoms with Gasteiger partial charge in [-0.15, -0.1) is 0 Å². The zero-order chi connectivity index (χ0) is 6.01. The van der Waals surface area contributed by atoms with Crippen molar-refractivity contribution in [2.75, 3.05) is 0 Å². The quantitative estimate of drug-likeness (QED) is 0.471. The van der Waals surface area contributed by atoms with Crippen LogP contribution >= 0.6 is 0 Å². The van der Waals surface area contributed by atoms with Crippen LogP contribution in [0.3, 0.4) is 0 Å². The minimum Gasteiger partial charge on any atom is -0.392 e. The van der Waals surface area contributed by atoms with E-state index in [-0.39, 0.29) is 6.10 Å². The Hall–Kier alpha value is -0.300. The maximum Gasteiger partial charge on any atom is 0.0615 e. The first kappa shape index (κ1) is 4.51. The van der Waals surface area contributed by atoms with Crippen molar-refractivity contribution in [1.29, 1.82) is 0 Å². The Bertz CT molecular complexity index is 167. The molecule has 0 aromatic rings. The first-order chi connectivity index (χ1) is 4.38. The molecule has 0 amide bonds. The van der Waals surface area contributed by atoms with E-state index in [4.69, 9.17) is 0 Å². The van der Waals surface area contributed by atoms with Gasteiger partial charge in [0.15, 0.2) is 0 Å². The molecule has 0 heterocycles. The van der Waals surface area contributed by atoms with Crippen LogP contribution in [0, 0.1) is 23.7 Å². The van der Waals surface area contributed by atoms with E-state index in [0.29, 0.717) is 11.8 Å². The van der Waals surface area contributed by atoms with Gasteiger partial charge in [-0.05, 0) is 30.1 Å². The normalized spacial score (nSPS) is 66.6. The molecule has 2 fully saturated rings. The summed E-state index contributed by atoms with van der Waals surface area (Å²) in [6.07, 6.45) is 6.00. The average molecular weight is 122 g/mol. The Morgan fingerprint density at radius 3 is 2.11 bits per heavy atom. The topological polar surface area (TPSA) is 20.2 Å². The van der Waals surface area contributed by atoms with Crippen LogP contribution in [0.15, 0.2) is 12.2 Å². The summed E-state index contributed by atoms with van der Waals surface area (Å²) in [7, 11) is 0. The van der Waals surface area contributed by atoms with Crippen LogP contribution < -0.4 is 0 Å². The van der Waals surface area contributed by atoms with Crippen molar-refractivity contribution in [2.45, 2.75) is 12.5 Å². The Balaban J connectivity index is 2.03. The van der Waals surface area contributed by atoms with E-state index < -0.39 is 0 Å². The van der Waals surface area contributed by atoms with Crippen molar-refractivity contribution < 1.29 is 5.11 Å². The number of rotatable bonds is 0. The van der Waals surface area contributed by atoms with Crippen LogP contribution in [0.4, 0.5) is 0 Å². The number of aliphatic hydroxyl groups is 1. The molecule has 2 saturated carbocycles. The second-order valence-electron chi connectivity index (χ2n) is 3.59. The van der Waals surface area contributed by atoms with Crippen LogP contribution in [0.1, 0.15) is 6.42 Å². The Morgan fingerprint density at radius 1 is 1.11 bits per heavy atom. The first-order valence-corrected chi connectivity index (χ1v) is 3.74. The summed E-state index contributed by atoms with van der Waals surface area (Å²) >= 11 is 0. The van der Waals surface area contributed by atoms with Gasteiger partial charge < -0.3 is 5.11 Å². The fourth-order valence-electron chi connectivity index (χ4n) is 2.75. The maximum absolute atomic E-state index is 9.29. The second-order valence-corrected chi connectivity index (χ2v) is 3.59. The van der Waals surface area contributed by atoms with E-state index in [1.807, 2.05) is 0 Å². The van der Waals surface area contributed by atoms with Crippen LogP contribution in [-0.4, -0.2) is 11.2 Å². The highest BCUT2D eigenvalue weighted by atomic mass is 16.3. The average Bonchev–Trinajstić information content (AvgIpc) is 2.29. The molecule has 0 aromatic carbocycles. The summed E-state index contributed by atoms with van der Waals surface area (Å²) in [6.45, 7) is 0. The van der Waals surface area contributed by atoms with E-state index in [1.165, 1.54) is 6.42 Å². The Kier molecular flexibility index (Phi) is 0.552. The minimum atomic E-state index is 0.0729. The molecule has 1 nitrogen and oxygen atoms in total. The minimum absolute atomic E-state index is 0.0729. The zero-order valence-corrected chi connectivity index (χ0v) is 5.20. The van der Waals surface area contributed by atoms with Crippen molar-refractivity contribution >= 4 is 0 Å². The van der Waals surface area contributed by atoms with Gasteiger partial charge in [-0.2, -0.15) is 0 Å². The lowest BCUT2D eigenvalue weighted by Gasteiger charge is -2.02. The molecule has 2 bridgehead atoms. The highest BCUT2D eigenvalue weighted by Crippen LogP contribution is 2.62. The molecule has 0 saturated heterocycles. The van der Waals surface area contributed by atoms with Gasteiger partial charge in [-0.1, -0.05) is 12.2 Å². The fraction of sp³-hybridized carbons (Fsp3) is 0.750. The van der Waals surface area contributed by atoms with Crippen molar-refractivity contribution in [3.05, 3.63) is 12.2 Å². The second kappa shape index (κ2) is 1.10. The number of hydrogen-bond donors (Lipinski definition) is 1. The summed E-state index contributed by atoms with van der Waals surface area (Å²) in [4.78, 5) is 0. The van der Waals surface area contributed by atoms with Crippen molar-refractivity contribution in [3.8, 4) is 0 Å². The third-order valence-corrected chi connectivity index (χ3v) is 3.23. The number of aliphatic hydroxyl groups excluding tert-OH is 1. The van der Waals surface area contributed by atoms with Gasteiger partial charge in [0.05, 0.1) is 6.10 Å². The Morgan fingerprint density at radius 2 is 1.67 bits per heavy atom. The highest BCUT2D eigenvalue weighted by molar-refractivity contribution is 5.24. The van der Waals surface area contributed by atoms with Gasteiger partial charge in [-0.3, -0.25) is 0 Å². The Labute approximate surface area is 54.4 Å². The predicted molar refractivity (Wildman–Crippen MR) is 33.7 cm³/mol. The molecular weight excluding hydrogens is 112 g/mol. The van der Waals surface area contributed by atoms with E-state index in [9.17, 15) is 5.11 Å². The third kappa shape index (κ3) is 0.351. The van der Waals surface area contributed by atoms with E-state index >= 15 is 0 Å². The molecule has 0 radical (unpaired) electrons. The first-order valence-electron chi connectivity index (χ1n) is 3.74. The van der Waals surface area contributed by atoms with Gasteiger partial charge in [0.1, 0.15) is 0 Å². The molecule has 0 spiro atoms. The SMILES string of the molecule is OC1C2C3C=CC(C3)C12. The number of hydrogen-bond acceptors (Lipinski definition) is 1. The maximum atomic E-state index is 9.29. The molecule has 0 aliphatic heterocycles. The molecule has 1 heteroatoms. The smallest absolute Gasteiger partial charge is 0.0615 e. The van der Waals surface area contributed by atoms with E-state index in [0.717, 1.165) is 11.8 Å². The van der Waals surface area contributed by atoms with Crippen LogP contribution in [-0.2, 0) is 0 Å². The number of fused-ring (bicyclic) bond motifs is 5. The zero-order valence-electron chi connectivity index (χ0n) is 5.20. The van der Waals surface area contributed by atoms with Gasteiger partial charge in [0.2, 0.25) is 0 Å². The molecule has 3 aliphatic rings. The standard InChI is InChI=1S/C8H10O/c9-8-6-4-1-2-5(3-4)7(6)8/h1-2,4-9H,3H2. The lowest BCUT2D eigenvalue weighted by atomic mass is 10.1. The van der Waals surface area contributed by atoms with E-state index in [2.05, 4.69) is 12.2 Å². The van der Waals surface area contributed by atoms with Crippen molar-refractivity contribution in [3.63, 3.8) is 0 Å². The molecule has 9 heavy (non-hydrogen) atoms. The summed E-state index contributed by atoms with van der Waals surface area (Å²) in [5, 5.41) is 9.29. The summed E-state index contributed by atoms with van der Waals surface area (Å²) in [5.74, 6) is 2.88. The van der Waals surface area contributed by atoms with Gasteiger partial charge in [0.25, 0.3) is 0 Å². The van der Waals surface area contributed by atoms with Gasteiger partial charge in [0, 0.05) is 0 Å². The monoisotopic (exact) mass is 122 g/mol. The molecule has 3 rings (SSSR count). The van der Waals surface area contributed by atoms with Gasteiger partial charge in [-0.25, -0.2) is 0 Å². The highest BCUT2D eigenvalue weighted by Gasteiger charge is 2.62. The molecule has 48 valence electrons. The largest absolute Gasteiger partial charge is 0.392 e. The van der Waals surface area contributed by atoms with Crippen molar-refractivity contribution in [2.24, 2.45) is 23.7 Å². The molecular formula is C8H10O. The lowest BCUT2D eigenvalue weighted by Crippen LogP contribution is -2.01.